The van der Waals surface area contributed by atoms with Gasteiger partial charge >= 0.3 is 5.76 Å². The van der Waals surface area contributed by atoms with Crippen LogP contribution in [0.3, 0.4) is 0 Å². The number of nitrogens with zero attached hydrogens (tertiary/aromatic N) is 1. The number of aromatic nitrogens is 1. The molecule has 22 heavy (non-hydrogen) atoms. The number of nitrogen functional groups attached to an aromatic ring is 1. The average molecular weight is 298 g/mol. The molecule has 0 aliphatic carbocycles. The van der Waals surface area contributed by atoms with Crippen molar-refractivity contribution in [2.24, 2.45) is 0 Å². The molecule has 110 valence electrons. The summed E-state index contributed by atoms with van der Waals surface area (Å²) in [4.78, 5) is 24.6. The van der Waals surface area contributed by atoms with Crippen LogP contribution in [0.25, 0.3) is 11.1 Å². The summed E-state index contributed by atoms with van der Waals surface area (Å²) in [7, 11) is 0. The van der Waals surface area contributed by atoms with Crippen molar-refractivity contribution in [1.82, 2.24) is 4.57 Å². The molecule has 0 spiro atoms. The van der Waals surface area contributed by atoms with E-state index in [0.717, 1.165) is 4.57 Å². The third-order valence-electron chi connectivity index (χ3n) is 3.43. The Morgan fingerprint density at radius 3 is 2.77 bits per heavy atom. The quantitative estimate of drug-likeness (QED) is 0.685. The Hall–Kier alpha value is -3.22. The smallest absolute Gasteiger partial charge is 0.427 e. The highest BCUT2D eigenvalue weighted by molar-refractivity contribution is 6.01. The minimum Gasteiger partial charge on any atom is -0.454 e. The van der Waals surface area contributed by atoms with Crippen LogP contribution in [0.4, 0.5) is 5.69 Å². The summed E-state index contributed by atoms with van der Waals surface area (Å²) >= 11 is 0. The summed E-state index contributed by atoms with van der Waals surface area (Å²) in [5, 5.41) is 0. The van der Waals surface area contributed by atoms with E-state index in [0.29, 0.717) is 28.3 Å². The first-order chi connectivity index (χ1) is 10.6. The van der Waals surface area contributed by atoms with Gasteiger partial charge in [0.05, 0.1) is 5.52 Å². The maximum absolute atomic E-state index is 12.6. The Kier molecular flexibility index (Phi) is 2.50. The number of ether oxygens (including phenoxy) is 2. The maximum atomic E-state index is 12.6. The lowest BCUT2D eigenvalue weighted by molar-refractivity contribution is 0.0956. The van der Waals surface area contributed by atoms with Crippen LogP contribution < -0.4 is 21.0 Å². The molecule has 4 rings (SSSR count). The number of hydrogen-bond donors (Lipinski definition) is 1. The van der Waals surface area contributed by atoms with E-state index in [1.807, 2.05) is 0 Å². The predicted octanol–water partition coefficient (Wildman–Crippen LogP) is 1.59. The molecule has 0 bridgehead atoms. The molecular weight excluding hydrogens is 288 g/mol. The maximum Gasteiger partial charge on any atom is 0.427 e. The molecular formula is C15H10N2O5. The van der Waals surface area contributed by atoms with Crippen LogP contribution in [0.5, 0.6) is 11.5 Å². The van der Waals surface area contributed by atoms with E-state index < -0.39 is 11.7 Å². The summed E-state index contributed by atoms with van der Waals surface area (Å²) in [5.41, 5.74) is 7.02. The highest BCUT2D eigenvalue weighted by Gasteiger charge is 2.21. The summed E-state index contributed by atoms with van der Waals surface area (Å²) in [6.45, 7) is 0.112. The van der Waals surface area contributed by atoms with Gasteiger partial charge in [0.15, 0.2) is 17.1 Å². The lowest BCUT2D eigenvalue weighted by atomic mass is 10.2. The minimum atomic E-state index is -0.761. The van der Waals surface area contributed by atoms with Crippen molar-refractivity contribution in [2.45, 2.75) is 0 Å². The Morgan fingerprint density at radius 2 is 1.91 bits per heavy atom. The van der Waals surface area contributed by atoms with E-state index in [1.54, 1.807) is 24.3 Å². The van der Waals surface area contributed by atoms with Gasteiger partial charge in [-0.1, -0.05) is 0 Å². The van der Waals surface area contributed by atoms with E-state index in [9.17, 15) is 9.59 Å². The number of fused-ring (bicyclic) bond motifs is 2. The van der Waals surface area contributed by atoms with Crippen molar-refractivity contribution in [2.75, 3.05) is 12.5 Å². The molecule has 1 aliphatic heterocycles. The number of hydrogen-bond acceptors (Lipinski definition) is 6. The van der Waals surface area contributed by atoms with Crippen molar-refractivity contribution < 1.29 is 18.7 Å². The van der Waals surface area contributed by atoms with E-state index >= 15 is 0 Å². The topological polar surface area (TPSA) is 96.7 Å². The molecule has 7 nitrogen and oxygen atoms in total. The molecule has 3 aromatic rings. The number of benzene rings is 2. The molecule has 1 aliphatic rings. The van der Waals surface area contributed by atoms with E-state index in [-0.39, 0.29) is 12.4 Å². The van der Waals surface area contributed by atoms with E-state index in [2.05, 4.69) is 0 Å². The number of carbonyl (C=O) groups excluding carboxylic acids is 1. The molecule has 0 saturated heterocycles. The zero-order valence-corrected chi connectivity index (χ0v) is 11.2. The second kappa shape index (κ2) is 4.39. The van der Waals surface area contributed by atoms with Crippen molar-refractivity contribution in [3.63, 3.8) is 0 Å². The van der Waals surface area contributed by atoms with Gasteiger partial charge in [-0.05, 0) is 30.3 Å². The number of oxazole rings is 1. The van der Waals surface area contributed by atoms with Gasteiger partial charge in [0.1, 0.15) is 0 Å². The normalized spacial score (nSPS) is 12.7. The monoisotopic (exact) mass is 298 g/mol. The van der Waals surface area contributed by atoms with E-state index in [1.165, 1.54) is 12.1 Å². The van der Waals surface area contributed by atoms with Crippen LogP contribution in [-0.2, 0) is 0 Å². The zero-order valence-electron chi connectivity index (χ0n) is 11.2. The summed E-state index contributed by atoms with van der Waals surface area (Å²) in [5.74, 6) is -0.236. The SMILES string of the molecule is Nc1ccc2c(c1)oc(=O)n2C(=O)c1ccc2c(c1)OCO2. The van der Waals surface area contributed by atoms with Crippen molar-refractivity contribution >= 4 is 22.7 Å². The van der Waals surface area contributed by atoms with Gasteiger partial charge in [-0.3, -0.25) is 4.79 Å². The lowest BCUT2D eigenvalue weighted by Gasteiger charge is -2.03. The second-order valence-corrected chi connectivity index (χ2v) is 4.80. The standard InChI is InChI=1S/C15H10N2O5/c16-9-2-3-10-12(6-9)22-15(19)17(10)14(18)8-1-4-11-13(5-8)21-7-20-11/h1-6H,7,16H2. The zero-order chi connectivity index (χ0) is 15.3. The molecule has 0 radical (unpaired) electrons. The fourth-order valence-electron chi connectivity index (χ4n) is 2.39. The van der Waals surface area contributed by atoms with Crippen LogP contribution in [0, 0.1) is 0 Å². The molecule has 0 unspecified atom stereocenters. The highest BCUT2D eigenvalue weighted by atomic mass is 16.7. The van der Waals surface area contributed by atoms with Gasteiger partial charge < -0.3 is 19.6 Å². The molecule has 7 heteroatoms. The van der Waals surface area contributed by atoms with Crippen LogP contribution in [0.1, 0.15) is 10.4 Å². The van der Waals surface area contributed by atoms with Crippen LogP contribution in [-0.4, -0.2) is 17.3 Å². The van der Waals surface area contributed by atoms with Crippen LogP contribution >= 0.6 is 0 Å². The Morgan fingerprint density at radius 1 is 1.09 bits per heavy atom. The molecule has 0 saturated carbocycles. The number of carbonyl (C=O) groups is 1. The first-order valence-corrected chi connectivity index (χ1v) is 6.49. The van der Waals surface area contributed by atoms with Crippen molar-refractivity contribution in [1.29, 1.82) is 0 Å². The van der Waals surface area contributed by atoms with Crippen LogP contribution in [0.15, 0.2) is 45.6 Å². The fraction of sp³-hybridized carbons (Fsp3) is 0.0667. The number of anilines is 1. The van der Waals surface area contributed by atoms with Gasteiger partial charge in [-0.2, -0.15) is 0 Å². The molecule has 1 aromatic heterocycles. The largest absolute Gasteiger partial charge is 0.454 e. The minimum absolute atomic E-state index is 0.112. The van der Waals surface area contributed by atoms with Crippen molar-refractivity contribution in [3.8, 4) is 11.5 Å². The van der Waals surface area contributed by atoms with E-state index in [4.69, 9.17) is 19.6 Å². The first kappa shape index (κ1) is 12.5. The molecule has 0 atom stereocenters. The molecule has 2 heterocycles. The third kappa shape index (κ3) is 1.76. The van der Waals surface area contributed by atoms with Crippen LogP contribution in [0.2, 0.25) is 0 Å². The molecule has 0 amide bonds. The summed E-state index contributed by atoms with van der Waals surface area (Å²) < 4.78 is 16.5. The average Bonchev–Trinajstić information content (AvgIpc) is 3.08. The highest BCUT2D eigenvalue weighted by Crippen LogP contribution is 2.32. The molecule has 0 fully saturated rings. The third-order valence-corrected chi connectivity index (χ3v) is 3.43. The first-order valence-electron chi connectivity index (χ1n) is 6.49. The predicted molar refractivity (Wildman–Crippen MR) is 77.2 cm³/mol. The number of rotatable bonds is 1. The summed E-state index contributed by atoms with van der Waals surface area (Å²) in [6, 6.07) is 9.40. The molecule has 2 N–H and O–H groups in total. The summed E-state index contributed by atoms with van der Waals surface area (Å²) in [6.07, 6.45) is 0. The molecule has 2 aromatic carbocycles. The van der Waals surface area contributed by atoms with Gasteiger partial charge in [-0.15, -0.1) is 0 Å². The van der Waals surface area contributed by atoms with Crippen molar-refractivity contribution in [3.05, 3.63) is 52.5 Å². The van der Waals surface area contributed by atoms with Gasteiger partial charge in [-0.25, -0.2) is 9.36 Å². The Balaban J connectivity index is 1.86. The van der Waals surface area contributed by atoms with Gasteiger partial charge in [0, 0.05) is 17.3 Å². The van der Waals surface area contributed by atoms with Gasteiger partial charge in [0.2, 0.25) is 6.79 Å². The Labute approximate surface area is 123 Å². The number of nitrogens with two attached hydrogens (primary N) is 1. The Bertz CT molecular complexity index is 970. The van der Waals surface area contributed by atoms with Gasteiger partial charge in [0.25, 0.3) is 5.91 Å². The second-order valence-electron chi connectivity index (χ2n) is 4.80. The fourth-order valence-corrected chi connectivity index (χ4v) is 2.39. The lowest BCUT2D eigenvalue weighted by Crippen LogP contribution is -2.23.